The van der Waals surface area contributed by atoms with Crippen LogP contribution in [0.15, 0.2) is 76.1 Å². The number of hydrogen-bond donors (Lipinski definition) is 0. The normalized spacial score (nSPS) is 15.4. The highest BCUT2D eigenvalue weighted by Crippen LogP contribution is 2.35. The molecule has 0 aromatic heterocycles. The molecular formula is C25H24BrClN2O4S. The minimum atomic E-state index is -4.03. The molecule has 9 heteroatoms. The van der Waals surface area contributed by atoms with Crippen molar-refractivity contribution >= 4 is 49.1 Å². The fraction of sp³-hybridized carbons (Fsp3) is 0.240. The van der Waals surface area contributed by atoms with Crippen LogP contribution in [0.5, 0.6) is 5.75 Å². The molecule has 4 rings (SSSR count). The number of carbonyl (C=O) groups excluding carboxylic acids is 1. The van der Waals surface area contributed by atoms with Gasteiger partial charge in [0.15, 0.2) is 0 Å². The van der Waals surface area contributed by atoms with E-state index in [9.17, 15) is 13.2 Å². The summed E-state index contributed by atoms with van der Waals surface area (Å²) in [5, 5.41) is 0.183. The van der Waals surface area contributed by atoms with Gasteiger partial charge in [0.2, 0.25) is 15.9 Å². The lowest BCUT2D eigenvalue weighted by Crippen LogP contribution is -2.44. The Morgan fingerprint density at radius 2 is 1.88 bits per heavy atom. The van der Waals surface area contributed by atoms with Crippen LogP contribution < -0.4 is 9.64 Å². The van der Waals surface area contributed by atoms with Crippen molar-refractivity contribution < 1.29 is 17.9 Å². The predicted octanol–water partition coefficient (Wildman–Crippen LogP) is 5.28. The van der Waals surface area contributed by atoms with Gasteiger partial charge in [0.1, 0.15) is 5.75 Å². The lowest BCUT2D eigenvalue weighted by Gasteiger charge is -2.28. The van der Waals surface area contributed by atoms with Gasteiger partial charge >= 0.3 is 0 Å². The summed E-state index contributed by atoms with van der Waals surface area (Å²) in [6.45, 7) is 1.71. The predicted molar refractivity (Wildman–Crippen MR) is 137 cm³/mol. The summed E-state index contributed by atoms with van der Waals surface area (Å²) in [5.41, 5.74) is 2.64. The van der Waals surface area contributed by atoms with Crippen molar-refractivity contribution in [3.05, 3.63) is 87.4 Å². The first-order valence-corrected chi connectivity index (χ1v) is 13.3. The van der Waals surface area contributed by atoms with Gasteiger partial charge in [0.25, 0.3) is 0 Å². The second kappa shape index (κ2) is 10.1. The molecule has 0 radical (unpaired) electrons. The van der Waals surface area contributed by atoms with Crippen molar-refractivity contribution in [3.8, 4) is 5.75 Å². The van der Waals surface area contributed by atoms with E-state index in [1.807, 2.05) is 55.5 Å². The van der Waals surface area contributed by atoms with Crippen LogP contribution in [0, 0.1) is 0 Å². The third kappa shape index (κ3) is 5.00. The third-order valence-electron chi connectivity index (χ3n) is 5.80. The quantitative estimate of drug-likeness (QED) is 0.392. The summed E-state index contributed by atoms with van der Waals surface area (Å²) in [5.74, 6) is 0.0904. The van der Waals surface area contributed by atoms with Gasteiger partial charge in [0, 0.05) is 22.7 Å². The molecule has 1 atom stereocenters. The summed E-state index contributed by atoms with van der Waals surface area (Å²) in [7, 11) is -2.57. The van der Waals surface area contributed by atoms with Gasteiger partial charge in [-0.3, -0.25) is 4.79 Å². The summed E-state index contributed by atoms with van der Waals surface area (Å²) >= 11 is 9.69. The molecule has 0 bridgehead atoms. The van der Waals surface area contributed by atoms with E-state index in [1.54, 1.807) is 4.90 Å². The van der Waals surface area contributed by atoms with Crippen molar-refractivity contribution in [1.29, 1.82) is 0 Å². The molecule has 0 saturated carbocycles. The summed E-state index contributed by atoms with van der Waals surface area (Å²) in [4.78, 5) is 15.2. The largest absolute Gasteiger partial charge is 0.495 e. The Kier molecular flexibility index (Phi) is 7.33. The van der Waals surface area contributed by atoms with Crippen LogP contribution in [0.1, 0.15) is 18.1 Å². The van der Waals surface area contributed by atoms with E-state index < -0.39 is 10.0 Å². The van der Waals surface area contributed by atoms with Gasteiger partial charge in [-0.1, -0.05) is 57.9 Å². The first-order valence-electron chi connectivity index (χ1n) is 10.7. The molecule has 0 saturated heterocycles. The molecule has 0 N–H and O–H groups in total. The minimum Gasteiger partial charge on any atom is -0.495 e. The highest BCUT2D eigenvalue weighted by atomic mass is 79.9. The molecule has 1 unspecified atom stereocenters. The highest BCUT2D eigenvalue weighted by molar-refractivity contribution is 9.10. The summed E-state index contributed by atoms with van der Waals surface area (Å²) < 4.78 is 34.6. The molecule has 1 amide bonds. The van der Waals surface area contributed by atoms with Gasteiger partial charge in [-0.15, -0.1) is 0 Å². The number of carbonyl (C=O) groups is 1. The monoisotopic (exact) mass is 562 g/mol. The maximum Gasteiger partial charge on any atom is 0.243 e. The average molecular weight is 564 g/mol. The number of benzene rings is 3. The Morgan fingerprint density at radius 1 is 1.15 bits per heavy atom. The molecule has 34 heavy (non-hydrogen) atoms. The van der Waals surface area contributed by atoms with Crippen LogP contribution >= 0.6 is 27.5 Å². The van der Waals surface area contributed by atoms with Gasteiger partial charge in [-0.25, -0.2) is 8.42 Å². The van der Waals surface area contributed by atoms with E-state index in [-0.39, 0.29) is 35.0 Å². The average Bonchev–Trinajstić information content (AvgIpc) is 3.13. The maximum absolute atomic E-state index is 13.7. The number of hydrogen-bond acceptors (Lipinski definition) is 4. The first-order chi connectivity index (χ1) is 16.2. The first kappa shape index (κ1) is 24.7. The number of anilines is 1. The van der Waals surface area contributed by atoms with Crippen LogP contribution in [-0.2, 0) is 27.8 Å². The number of rotatable bonds is 7. The van der Waals surface area contributed by atoms with Crippen LogP contribution in [0.25, 0.3) is 0 Å². The SMILES string of the molecule is COc1ccc(S(=O)(=O)N(CC(=O)N2c3ccc(Br)cc3CC2C)Cc2ccccc2)cc1Cl. The van der Waals surface area contributed by atoms with Gasteiger partial charge in [-0.2, -0.15) is 4.31 Å². The molecule has 1 heterocycles. The van der Waals surface area contributed by atoms with Gasteiger partial charge in [-0.05, 0) is 60.9 Å². The Balaban J connectivity index is 1.68. The van der Waals surface area contributed by atoms with Crippen LogP contribution in [0.2, 0.25) is 5.02 Å². The lowest BCUT2D eigenvalue weighted by atomic mass is 10.1. The van der Waals surface area contributed by atoms with E-state index in [4.69, 9.17) is 16.3 Å². The zero-order chi connectivity index (χ0) is 24.5. The van der Waals surface area contributed by atoms with Crippen molar-refractivity contribution in [2.45, 2.75) is 30.8 Å². The van der Waals surface area contributed by atoms with Crippen molar-refractivity contribution in [2.24, 2.45) is 0 Å². The molecule has 1 aliphatic heterocycles. The molecule has 1 aliphatic rings. The summed E-state index contributed by atoms with van der Waals surface area (Å²) in [6.07, 6.45) is 0.708. The van der Waals surface area contributed by atoms with Crippen LogP contribution in [0.3, 0.4) is 0 Å². The zero-order valence-electron chi connectivity index (χ0n) is 18.7. The molecule has 178 valence electrons. The molecule has 0 fully saturated rings. The Morgan fingerprint density at radius 3 is 2.56 bits per heavy atom. The maximum atomic E-state index is 13.7. The van der Waals surface area contributed by atoms with Crippen molar-refractivity contribution in [3.63, 3.8) is 0 Å². The Labute approximate surface area is 213 Å². The van der Waals surface area contributed by atoms with Crippen LogP contribution in [-0.4, -0.2) is 38.3 Å². The molecule has 0 spiro atoms. The molecule has 0 aliphatic carbocycles. The number of methoxy groups -OCH3 is 1. The fourth-order valence-corrected chi connectivity index (χ4v) is 6.31. The lowest BCUT2D eigenvalue weighted by molar-refractivity contribution is -0.119. The Bertz CT molecular complexity index is 1320. The molecule has 3 aromatic carbocycles. The van der Waals surface area contributed by atoms with Gasteiger partial charge < -0.3 is 9.64 Å². The molecule has 3 aromatic rings. The Hall–Kier alpha value is -2.39. The van der Waals surface area contributed by atoms with E-state index in [0.29, 0.717) is 12.2 Å². The van der Waals surface area contributed by atoms with Crippen LogP contribution in [0.4, 0.5) is 5.69 Å². The second-order valence-electron chi connectivity index (χ2n) is 8.14. The number of halogens is 2. The van der Waals surface area contributed by atoms with Crippen molar-refractivity contribution in [2.75, 3.05) is 18.6 Å². The number of sulfonamides is 1. The standard InChI is InChI=1S/C25H24BrClN2O4S/c1-17-12-19-13-20(26)8-10-23(19)29(17)25(30)16-28(15-18-6-4-3-5-7-18)34(31,32)21-9-11-24(33-2)22(27)14-21/h3-11,13-14,17H,12,15-16H2,1-2H3. The number of ether oxygens (including phenoxy) is 1. The minimum absolute atomic E-state index is 0.000771. The summed E-state index contributed by atoms with van der Waals surface area (Å²) in [6, 6.07) is 19.2. The second-order valence-corrected chi connectivity index (χ2v) is 11.4. The number of fused-ring (bicyclic) bond motifs is 1. The van der Waals surface area contributed by atoms with Gasteiger partial charge in [0.05, 0.1) is 23.6 Å². The van der Waals surface area contributed by atoms with E-state index in [2.05, 4.69) is 15.9 Å². The number of amides is 1. The molecule has 6 nitrogen and oxygen atoms in total. The van der Waals surface area contributed by atoms with E-state index >= 15 is 0 Å². The third-order valence-corrected chi connectivity index (χ3v) is 8.38. The number of nitrogens with zero attached hydrogens (tertiary/aromatic N) is 2. The molecular weight excluding hydrogens is 540 g/mol. The van der Waals surface area contributed by atoms with E-state index in [1.165, 1.54) is 29.6 Å². The van der Waals surface area contributed by atoms with E-state index in [0.717, 1.165) is 21.3 Å². The zero-order valence-corrected chi connectivity index (χ0v) is 21.9. The highest BCUT2D eigenvalue weighted by Gasteiger charge is 2.35. The topological polar surface area (TPSA) is 66.9 Å². The fourth-order valence-electron chi connectivity index (χ4n) is 4.18. The smallest absolute Gasteiger partial charge is 0.243 e. The van der Waals surface area contributed by atoms with Crippen molar-refractivity contribution in [1.82, 2.24) is 4.31 Å².